The average Bonchev–Trinajstić information content (AvgIpc) is 3.33. The van der Waals surface area contributed by atoms with Gasteiger partial charge in [0.2, 0.25) is 0 Å². The second-order valence-corrected chi connectivity index (χ2v) is 8.57. The first-order valence-corrected chi connectivity index (χ1v) is 11.3. The van der Waals surface area contributed by atoms with E-state index in [0.29, 0.717) is 6.04 Å². The highest BCUT2D eigenvalue weighted by atomic mass is 127. The van der Waals surface area contributed by atoms with Crippen LogP contribution >= 0.6 is 35.3 Å². The average molecular weight is 547 g/mol. The van der Waals surface area contributed by atoms with Gasteiger partial charge in [0.15, 0.2) is 5.96 Å². The Morgan fingerprint density at radius 1 is 1.40 bits per heavy atom. The monoisotopic (exact) mass is 546 g/mol. The number of ether oxygens (including phenoxy) is 1. The van der Waals surface area contributed by atoms with Crippen LogP contribution in [0.5, 0.6) is 0 Å². The zero-order chi connectivity index (χ0) is 20.6. The molecule has 2 atom stereocenters. The van der Waals surface area contributed by atoms with Gasteiger partial charge in [-0.15, -0.1) is 35.3 Å². The summed E-state index contributed by atoms with van der Waals surface area (Å²) in [7, 11) is 1.83. The van der Waals surface area contributed by atoms with Gasteiger partial charge in [0.05, 0.1) is 24.4 Å². The molecule has 3 heterocycles. The molecule has 2 unspecified atom stereocenters. The summed E-state index contributed by atoms with van der Waals surface area (Å²) in [6, 6.07) is 6.80. The standard InChI is InChI=1S/C21H34N6OS.HI/c1-16-13-17(2)27(25-16)9-6-8-23-21(22-4)24-14-19(20-7-5-12-29-20)26-10-11-28-18(3)15-26;/h5,7,12-13,18-19H,6,8-11,14-15H2,1-4H3,(H2,22,23,24);1H. The number of halogens is 1. The van der Waals surface area contributed by atoms with Gasteiger partial charge >= 0.3 is 0 Å². The number of hydrogen-bond acceptors (Lipinski definition) is 5. The number of rotatable bonds is 8. The Morgan fingerprint density at radius 3 is 2.87 bits per heavy atom. The van der Waals surface area contributed by atoms with Crippen molar-refractivity contribution < 1.29 is 4.74 Å². The maximum Gasteiger partial charge on any atom is 0.191 e. The van der Waals surface area contributed by atoms with E-state index < -0.39 is 0 Å². The van der Waals surface area contributed by atoms with Gasteiger partial charge in [-0.05, 0) is 44.7 Å². The molecule has 0 radical (unpaired) electrons. The third-order valence-electron chi connectivity index (χ3n) is 5.21. The van der Waals surface area contributed by atoms with E-state index >= 15 is 0 Å². The molecule has 1 aliphatic heterocycles. The molecule has 3 rings (SSSR count). The van der Waals surface area contributed by atoms with Crippen molar-refractivity contribution in [2.75, 3.05) is 39.8 Å². The summed E-state index contributed by atoms with van der Waals surface area (Å²) in [6.45, 7) is 11.6. The van der Waals surface area contributed by atoms with E-state index in [-0.39, 0.29) is 30.1 Å². The predicted octanol–water partition coefficient (Wildman–Crippen LogP) is 3.20. The Labute approximate surface area is 201 Å². The Bertz CT molecular complexity index is 779. The smallest absolute Gasteiger partial charge is 0.191 e. The topological polar surface area (TPSA) is 66.7 Å². The lowest BCUT2D eigenvalue weighted by Crippen LogP contribution is -2.48. The van der Waals surface area contributed by atoms with Crippen molar-refractivity contribution in [2.45, 2.75) is 45.9 Å². The Balaban J connectivity index is 0.00000320. The van der Waals surface area contributed by atoms with E-state index in [1.54, 1.807) is 0 Å². The minimum atomic E-state index is 0. The highest BCUT2D eigenvalue weighted by Gasteiger charge is 2.26. The third-order valence-corrected chi connectivity index (χ3v) is 6.19. The van der Waals surface area contributed by atoms with E-state index in [9.17, 15) is 0 Å². The van der Waals surface area contributed by atoms with Crippen LogP contribution in [0.3, 0.4) is 0 Å². The molecule has 9 heteroatoms. The number of hydrogen-bond donors (Lipinski definition) is 2. The van der Waals surface area contributed by atoms with E-state index in [4.69, 9.17) is 4.74 Å². The molecule has 0 aromatic carbocycles. The van der Waals surface area contributed by atoms with Crippen molar-refractivity contribution in [3.63, 3.8) is 0 Å². The van der Waals surface area contributed by atoms with E-state index in [1.165, 1.54) is 10.6 Å². The summed E-state index contributed by atoms with van der Waals surface area (Å²) >= 11 is 1.82. The van der Waals surface area contributed by atoms with Crippen LogP contribution in [0.4, 0.5) is 0 Å². The zero-order valence-electron chi connectivity index (χ0n) is 18.4. The minimum Gasteiger partial charge on any atom is -0.376 e. The molecule has 7 nitrogen and oxygen atoms in total. The number of thiophene rings is 1. The Hall–Kier alpha value is -1.17. The summed E-state index contributed by atoms with van der Waals surface area (Å²) in [5, 5.41) is 13.6. The molecule has 0 saturated carbocycles. The van der Waals surface area contributed by atoms with Gasteiger partial charge in [-0.2, -0.15) is 5.10 Å². The minimum absolute atomic E-state index is 0. The number of nitrogens with zero attached hydrogens (tertiary/aromatic N) is 4. The van der Waals surface area contributed by atoms with Gasteiger partial charge in [-0.1, -0.05) is 6.07 Å². The summed E-state index contributed by atoms with van der Waals surface area (Å²) < 4.78 is 7.80. The molecule has 0 spiro atoms. The lowest BCUT2D eigenvalue weighted by Gasteiger charge is -2.37. The molecule has 0 bridgehead atoms. The van der Waals surface area contributed by atoms with Crippen molar-refractivity contribution in [3.05, 3.63) is 39.8 Å². The third kappa shape index (κ3) is 7.21. The van der Waals surface area contributed by atoms with Crippen LogP contribution in [0, 0.1) is 13.8 Å². The first kappa shape index (κ1) is 25.1. The fourth-order valence-corrected chi connectivity index (χ4v) is 4.63. The number of guanidine groups is 1. The Morgan fingerprint density at radius 2 is 2.23 bits per heavy atom. The van der Waals surface area contributed by atoms with Gasteiger partial charge in [-0.3, -0.25) is 14.6 Å². The number of nitrogens with one attached hydrogen (secondary N) is 2. The van der Waals surface area contributed by atoms with Crippen molar-refractivity contribution in [2.24, 2.45) is 4.99 Å². The molecule has 168 valence electrons. The maximum atomic E-state index is 5.73. The largest absolute Gasteiger partial charge is 0.376 e. The van der Waals surface area contributed by atoms with E-state index in [2.05, 4.69) is 67.7 Å². The summed E-state index contributed by atoms with van der Waals surface area (Å²) in [5.41, 5.74) is 2.29. The highest BCUT2D eigenvalue weighted by molar-refractivity contribution is 14.0. The van der Waals surface area contributed by atoms with Gasteiger partial charge in [0.1, 0.15) is 0 Å². The summed E-state index contributed by atoms with van der Waals surface area (Å²) in [6.07, 6.45) is 1.27. The molecule has 1 aliphatic rings. The fraction of sp³-hybridized carbons (Fsp3) is 0.619. The second kappa shape index (κ2) is 12.6. The lowest BCUT2D eigenvalue weighted by atomic mass is 10.1. The van der Waals surface area contributed by atoms with Crippen molar-refractivity contribution in [3.8, 4) is 0 Å². The number of aryl methyl sites for hydroxylation is 3. The number of aromatic nitrogens is 2. The van der Waals surface area contributed by atoms with Gasteiger partial charge in [-0.25, -0.2) is 0 Å². The summed E-state index contributed by atoms with van der Waals surface area (Å²) in [5.74, 6) is 0.848. The van der Waals surface area contributed by atoms with Crippen LogP contribution < -0.4 is 10.6 Å². The molecule has 0 amide bonds. The normalized spacial score (nSPS) is 18.7. The first-order valence-electron chi connectivity index (χ1n) is 10.4. The Kier molecular flexibility index (Phi) is 10.6. The van der Waals surface area contributed by atoms with Gasteiger partial charge in [0, 0.05) is 50.3 Å². The van der Waals surface area contributed by atoms with Crippen LogP contribution in [-0.2, 0) is 11.3 Å². The van der Waals surface area contributed by atoms with Gasteiger partial charge in [0.25, 0.3) is 0 Å². The maximum absolute atomic E-state index is 5.73. The van der Waals surface area contributed by atoms with Crippen molar-refractivity contribution in [1.29, 1.82) is 0 Å². The van der Waals surface area contributed by atoms with E-state index in [1.807, 2.05) is 25.3 Å². The van der Waals surface area contributed by atoms with Crippen molar-refractivity contribution >= 4 is 41.3 Å². The number of morpholine rings is 1. The predicted molar refractivity (Wildman–Crippen MR) is 135 cm³/mol. The molecule has 30 heavy (non-hydrogen) atoms. The van der Waals surface area contributed by atoms with Crippen molar-refractivity contribution in [1.82, 2.24) is 25.3 Å². The van der Waals surface area contributed by atoms with Crippen LogP contribution in [0.25, 0.3) is 0 Å². The first-order chi connectivity index (χ1) is 14.1. The molecule has 2 N–H and O–H groups in total. The second-order valence-electron chi connectivity index (χ2n) is 7.59. The van der Waals surface area contributed by atoms with Crippen LogP contribution in [-0.4, -0.2) is 66.6 Å². The van der Waals surface area contributed by atoms with E-state index in [0.717, 1.165) is 57.4 Å². The molecule has 0 aliphatic carbocycles. The molecular weight excluding hydrogens is 511 g/mol. The summed E-state index contributed by atoms with van der Waals surface area (Å²) in [4.78, 5) is 8.30. The quantitative estimate of drug-likeness (QED) is 0.231. The molecular formula is C21H35IN6OS. The van der Waals surface area contributed by atoms with Crippen LogP contribution in [0.15, 0.2) is 28.6 Å². The van der Waals surface area contributed by atoms with Gasteiger partial charge < -0.3 is 15.4 Å². The fourth-order valence-electron chi connectivity index (χ4n) is 3.77. The zero-order valence-corrected chi connectivity index (χ0v) is 21.6. The highest BCUT2D eigenvalue weighted by Crippen LogP contribution is 2.26. The van der Waals surface area contributed by atoms with Crippen LogP contribution in [0.1, 0.15) is 35.7 Å². The molecule has 1 saturated heterocycles. The number of aliphatic imine (C=N–C) groups is 1. The molecule has 1 fully saturated rings. The SMILES string of the molecule is CN=C(NCCCn1nc(C)cc1C)NCC(c1cccs1)N1CCOC(C)C1.I. The molecule has 2 aromatic rings. The molecule has 2 aromatic heterocycles. The van der Waals surface area contributed by atoms with Crippen LogP contribution in [0.2, 0.25) is 0 Å². The lowest BCUT2D eigenvalue weighted by molar-refractivity contribution is -0.0334.